The van der Waals surface area contributed by atoms with E-state index in [1.807, 2.05) is 36.4 Å². The highest BCUT2D eigenvalue weighted by Crippen LogP contribution is 2.35. The first-order valence-electron chi connectivity index (χ1n) is 20.1. The van der Waals surface area contributed by atoms with E-state index in [-0.39, 0.29) is 30.7 Å². The number of hydrogen-bond acceptors (Lipinski definition) is 10. The molecule has 326 valence electrons. The number of carbonyl (C=O) groups excluding carboxylic acids is 4. The van der Waals surface area contributed by atoms with Crippen LogP contribution in [-0.4, -0.2) is 85.1 Å². The fraction of sp³-hybridized carbons (Fsp3) is 0.413. The van der Waals surface area contributed by atoms with Crippen molar-refractivity contribution in [2.45, 2.75) is 109 Å². The standard InChI is InChI=1S/C46H57N5O9S/c1-11-12-24-46(9,42(54)50-61(56,57)33-21-18-29(2)19-22-33)49-40(52)37-26-32(28-51(37)41(53)39(44(3,4)5)48-43(55)60-45(6,7)8)59-38-27-35(30-16-14-13-15-17-30)47-36-25-31(58-10)20-23-34(36)38/h11,13-23,25,27,32,37,39H,1,12,24,26,28H2,2-10H3,(H,48,55)(H,49,52)(H,50,54). The Morgan fingerprint density at radius 3 is 2.23 bits per heavy atom. The molecule has 0 aliphatic carbocycles. The van der Waals surface area contributed by atoms with Crippen LogP contribution in [0.4, 0.5) is 4.79 Å². The molecule has 1 aliphatic heterocycles. The van der Waals surface area contributed by atoms with E-state index < -0.39 is 68.6 Å². The van der Waals surface area contributed by atoms with Gasteiger partial charge in [0.2, 0.25) is 11.8 Å². The highest BCUT2D eigenvalue weighted by molar-refractivity contribution is 7.90. The molecule has 2 heterocycles. The van der Waals surface area contributed by atoms with E-state index in [4.69, 9.17) is 19.2 Å². The Kier molecular flexibility index (Phi) is 13.9. The van der Waals surface area contributed by atoms with Crippen LogP contribution in [0.15, 0.2) is 96.4 Å². The number of likely N-dealkylation sites (tertiary alicyclic amines) is 1. The first-order chi connectivity index (χ1) is 28.5. The van der Waals surface area contributed by atoms with Gasteiger partial charge in [-0.05, 0) is 77.1 Å². The third kappa shape index (κ3) is 11.5. The van der Waals surface area contributed by atoms with E-state index in [0.29, 0.717) is 28.1 Å². The van der Waals surface area contributed by atoms with Crippen LogP contribution in [0.1, 0.15) is 73.3 Å². The van der Waals surface area contributed by atoms with Gasteiger partial charge in [0.1, 0.15) is 40.8 Å². The molecule has 1 fully saturated rings. The van der Waals surface area contributed by atoms with Crippen LogP contribution < -0.4 is 24.8 Å². The van der Waals surface area contributed by atoms with Crippen molar-refractivity contribution in [1.29, 1.82) is 0 Å². The first kappa shape index (κ1) is 46.1. The van der Waals surface area contributed by atoms with E-state index in [2.05, 4.69) is 21.9 Å². The normalized spacial score (nSPS) is 17.1. The second-order valence-corrected chi connectivity index (χ2v) is 19.3. The highest BCUT2D eigenvalue weighted by Gasteiger charge is 2.48. The number of nitrogens with one attached hydrogen (secondary N) is 3. The molecule has 3 aromatic carbocycles. The van der Waals surface area contributed by atoms with Gasteiger partial charge in [-0.2, -0.15) is 0 Å². The smallest absolute Gasteiger partial charge is 0.408 e. The number of fused-ring (bicyclic) bond motifs is 1. The maximum atomic E-state index is 14.8. The zero-order chi connectivity index (χ0) is 44.9. The molecule has 0 bridgehead atoms. The summed E-state index contributed by atoms with van der Waals surface area (Å²) in [5.74, 6) is -1.25. The van der Waals surface area contributed by atoms with Gasteiger partial charge in [0.15, 0.2) is 0 Å². The minimum absolute atomic E-state index is 0.0162. The Hall–Kier alpha value is -5.96. The summed E-state index contributed by atoms with van der Waals surface area (Å²) in [5, 5.41) is 6.18. The summed E-state index contributed by atoms with van der Waals surface area (Å²) in [4.78, 5) is 62.7. The molecule has 61 heavy (non-hydrogen) atoms. The Morgan fingerprint density at radius 2 is 1.62 bits per heavy atom. The molecule has 4 aromatic rings. The van der Waals surface area contributed by atoms with Gasteiger partial charge >= 0.3 is 6.09 Å². The summed E-state index contributed by atoms with van der Waals surface area (Å²) < 4.78 is 46.6. The lowest BCUT2D eigenvalue weighted by Gasteiger charge is -2.36. The van der Waals surface area contributed by atoms with E-state index in [9.17, 15) is 27.6 Å². The van der Waals surface area contributed by atoms with Crippen LogP contribution in [0.5, 0.6) is 11.5 Å². The van der Waals surface area contributed by atoms with E-state index >= 15 is 0 Å². The molecule has 4 atom stereocenters. The number of alkyl carbamates (subject to hydrolysis) is 1. The molecule has 1 aliphatic rings. The average molecular weight is 856 g/mol. The maximum absolute atomic E-state index is 14.8. The number of benzene rings is 3. The van der Waals surface area contributed by atoms with Gasteiger partial charge in [-0.1, -0.05) is 74.9 Å². The Bertz CT molecular complexity index is 2370. The number of pyridine rings is 1. The van der Waals surface area contributed by atoms with Crippen LogP contribution in [0.2, 0.25) is 0 Å². The van der Waals surface area contributed by atoms with Crippen molar-refractivity contribution in [2.24, 2.45) is 5.41 Å². The third-order valence-corrected chi connectivity index (χ3v) is 11.6. The number of aryl methyl sites for hydroxylation is 1. The highest BCUT2D eigenvalue weighted by atomic mass is 32.2. The minimum atomic E-state index is -4.33. The van der Waals surface area contributed by atoms with Gasteiger partial charge in [0, 0.05) is 29.5 Å². The molecule has 4 amide bonds. The molecule has 3 N–H and O–H groups in total. The number of carbonyl (C=O) groups is 4. The van der Waals surface area contributed by atoms with Gasteiger partial charge in [0.05, 0.1) is 29.8 Å². The number of methoxy groups -OCH3 is 1. The lowest BCUT2D eigenvalue weighted by molar-refractivity contribution is -0.143. The molecule has 0 spiro atoms. The lowest BCUT2D eigenvalue weighted by atomic mass is 9.85. The van der Waals surface area contributed by atoms with Gasteiger partial charge in [0.25, 0.3) is 15.9 Å². The van der Waals surface area contributed by atoms with Gasteiger partial charge in [-0.15, -0.1) is 6.58 Å². The SMILES string of the molecule is C=CCCC(C)(NC(=O)C1CC(Oc2cc(-c3ccccc3)nc3cc(OC)ccc23)CN1C(=O)C(NC(=O)OC(C)(C)C)C(C)(C)C)C(=O)NS(=O)(=O)c1ccc(C)cc1. The van der Waals surface area contributed by atoms with Crippen molar-refractivity contribution >= 4 is 44.7 Å². The van der Waals surface area contributed by atoms with Crippen molar-refractivity contribution in [3.8, 4) is 22.8 Å². The van der Waals surface area contributed by atoms with Crippen molar-refractivity contribution in [3.63, 3.8) is 0 Å². The summed E-state index contributed by atoms with van der Waals surface area (Å²) in [7, 11) is -2.77. The van der Waals surface area contributed by atoms with Crippen molar-refractivity contribution < 1.29 is 41.8 Å². The summed E-state index contributed by atoms with van der Waals surface area (Å²) in [6, 6.07) is 20.3. The number of sulfonamides is 1. The average Bonchev–Trinajstić information content (AvgIpc) is 3.62. The molecule has 4 unspecified atom stereocenters. The van der Waals surface area contributed by atoms with Crippen LogP contribution >= 0.6 is 0 Å². The van der Waals surface area contributed by atoms with Crippen LogP contribution in [0.3, 0.4) is 0 Å². The number of ether oxygens (including phenoxy) is 3. The van der Waals surface area contributed by atoms with E-state index in [0.717, 1.165) is 11.1 Å². The topological polar surface area (TPSA) is 182 Å². The number of rotatable bonds is 14. The number of aromatic nitrogens is 1. The van der Waals surface area contributed by atoms with E-state index in [1.165, 1.54) is 24.0 Å². The van der Waals surface area contributed by atoms with Crippen molar-refractivity contribution in [2.75, 3.05) is 13.7 Å². The summed E-state index contributed by atoms with van der Waals surface area (Å²) in [6.07, 6.45) is 0.164. The summed E-state index contributed by atoms with van der Waals surface area (Å²) in [6.45, 7) is 17.3. The Morgan fingerprint density at radius 1 is 0.951 bits per heavy atom. The van der Waals surface area contributed by atoms with Crippen molar-refractivity contribution in [3.05, 3.63) is 97.1 Å². The van der Waals surface area contributed by atoms with Gasteiger partial charge < -0.3 is 29.7 Å². The molecular formula is C46H57N5O9S. The molecule has 0 saturated carbocycles. The second-order valence-electron chi connectivity index (χ2n) is 17.6. The molecule has 1 aromatic heterocycles. The third-order valence-electron chi connectivity index (χ3n) is 10.3. The predicted octanol–water partition coefficient (Wildman–Crippen LogP) is 6.85. The molecular weight excluding hydrogens is 799 g/mol. The number of amides is 4. The Balaban J connectivity index is 1.53. The second kappa shape index (κ2) is 18.3. The predicted molar refractivity (Wildman–Crippen MR) is 233 cm³/mol. The number of hydrogen-bond donors (Lipinski definition) is 3. The molecule has 5 rings (SSSR count). The minimum Gasteiger partial charge on any atom is -0.497 e. The van der Waals surface area contributed by atoms with E-state index in [1.54, 1.807) is 92.0 Å². The fourth-order valence-corrected chi connectivity index (χ4v) is 8.02. The van der Waals surface area contributed by atoms with Crippen LogP contribution in [0, 0.1) is 12.3 Å². The van der Waals surface area contributed by atoms with Gasteiger partial charge in [-0.25, -0.2) is 22.9 Å². The lowest BCUT2D eigenvalue weighted by Crippen LogP contribution is -2.62. The van der Waals surface area contributed by atoms with Crippen molar-refractivity contribution in [1.82, 2.24) is 25.2 Å². The van der Waals surface area contributed by atoms with Crippen LogP contribution in [-0.2, 0) is 29.1 Å². The zero-order valence-electron chi connectivity index (χ0n) is 36.3. The van der Waals surface area contributed by atoms with Gasteiger partial charge in [-0.3, -0.25) is 14.4 Å². The number of nitrogens with zero attached hydrogens (tertiary/aromatic N) is 2. The molecule has 14 nitrogen and oxygen atoms in total. The number of allylic oxidation sites excluding steroid dienone is 1. The molecule has 0 radical (unpaired) electrons. The van der Waals surface area contributed by atoms with Crippen LogP contribution in [0.25, 0.3) is 22.2 Å². The molecule has 15 heteroatoms. The first-order valence-corrected chi connectivity index (χ1v) is 21.6. The monoisotopic (exact) mass is 855 g/mol. The molecule has 1 saturated heterocycles. The zero-order valence-corrected chi connectivity index (χ0v) is 37.1. The summed E-state index contributed by atoms with van der Waals surface area (Å²) >= 11 is 0. The summed E-state index contributed by atoms with van der Waals surface area (Å²) in [5.41, 5.74) is -0.619. The quantitative estimate of drug-likeness (QED) is 0.114. The fourth-order valence-electron chi connectivity index (χ4n) is 6.94. The maximum Gasteiger partial charge on any atom is 0.408 e. The Labute approximate surface area is 358 Å². The largest absolute Gasteiger partial charge is 0.497 e.